The Balaban J connectivity index is 1.46. The number of fused-ring (bicyclic) bond motifs is 1. The summed E-state index contributed by atoms with van der Waals surface area (Å²) in [6.07, 6.45) is 1.37. The molecule has 3 rings (SSSR count). The fourth-order valence-electron chi connectivity index (χ4n) is 1.88. The summed E-state index contributed by atoms with van der Waals surface area (Å²) >= 11 is 0. The molecule has 1 aromatic heterocycles. The van der Waals surface area contributed by atoms with E-state index in [1.807, 2.05) is 18.2 Å². The lowest BCUT2D eigenvalue weighted by Crippen LogP contribution is -2.06. The quantitative estimate of drug-likeness (QED) is 0.790. The van der Waals surface area contributed by atoms with Gasteiger partial charge in [0.1, 0.15) is 0 Å². The van der Waals surface area contributed by atoms with Gasteiger partial charge in [0.05, 0.1) is 26.0 Å². The highest BCUT2D eigenvalue weighted by Crippen LogP contribution is 2.32. The van der Waals surface area contributed by atoms with Crippen molar-refractivity contribution in [1.82, 2.24) is 15.0 Å². The number of carbonyl (C=O) groups is 1. The highest BCUT2D eigenvalue weighted by molar-refractivity contribution is 5.84. The number of benzene rings is 1. The molecule has 8 nitrogen and oxygen atoms in total. The van der Waals surface area contributed by atoms with E-state index in [0.29, 0.717) is 19.8 Å². The van der Waals surface area contributed by atoms with Crippen LogP contribution in [0.5, 0.6) is 11.5 Å². The largest absolute Gasteiger partial charge is 0.476 e. The van der Waals surface area contributed by atoms with Crippen LogP contribution in [0.1, 0.15) is 16.1 Å². The molecule has 2 aromatic rings. The average Bonchev–Trinajstić information content (AvgIpc) is 3.12. The molecule has 0 unspecified atom stereocenters. The molecule has 110 valence electrons. The molecule has 0 amide bonds. The number of aromatic nitrogens is 3. The molecule has 21 heavy (non-hydrogen) atoms. The van der Waals surface area contributed by atoms with Gasteiger partial charge in [-0.05, 0) is 17.7 Å². The van der Waals surface area contributed by atoms with E-state index in [-0.39, 0.29) is 12.5 Å². The van der Waals surface area contributed by atoms with Crippen LogP contribution in [0.15, 0.2) is 24.4 Å². The Morgan fingerprint density at radius 2 is 2.24 bits per heavy atom. The first-order valence-corrected chi connectivity index (χ1v) is 6.32. The second kappa shape index (κ2) is 5.80. The first-order valence-electron chi connectivity index (χ1n) is 6.32. The van der Waals surface area contributed by atoms with Gasteiger partial charge in [-0.15, -0.1) is 5.10 Å². The maximum atomic E-state index is 10.7. The number of aromatic carboxylic acids is 1. The highest BCUT2D eigenvalue weighted by atomic mass is 16.7. The summed E-state index contributed by atoms with van der Waals surface area (Å²) in [5.41, 5.74) is 0.898. The molecule has 0 bridgehead atoms. The molecular weight excluding hydrogens is 278 g/mol. The number of rotatable bonds is 6. The van der Waals surface area contributed by atoms with Crippen LogP contribution in [0, 0.1) is 0 Å². The lowest BCUT2D eigenvalue weighted by Gasteiger charge is -2.05. The maximum Gasteiger partial charge on any atom is 0.358 e. The topological polar surface area (TPSA) is 95.7 Å². The fourth-order valence-corrected chi connectivity index (χ4v) is 1.88. The third kappa shape index (κ3) is 3.11. The average molecular weight is 291 g/mol. The summed E-state index contributed by atoms with van der Waals surface area (Å²) in [6, 6.07) is 5.63. The zero-order valence-corrected chi connectivity index (χ0v) is 11.1. The van der Waals surface area contributed by atoms with Crippen molar-refractivity contribution >= 4 is 5.97 Å². The van der Waals surface area contributed by atoms with Crippen LogP contribution in [-0.2, 0) is 17.9 Å². The van der Waals surface area contributed by atoms with Crippen molar-refractivity contribution in [2.75, 3.05) is 13.4 Å². The van der Waals surface area contributed by atoms with Gasteiger partial charge in [0.15, 0.2) is 17.2 Å². The predicted molar refractivity (Wildman–Crippen MR) is 69.2 cm³/mol. The normalized spacial score (nSPS) is 12.6. The predicted octanol–water partition coefficient (Wildman–Crippen LogP) is 0.922. The van der Waals surface area contributed by atoms with Crippen molar-refractivity contribution in [3.8, 4) is 11.5 Å². The Hall–Kier alpha value is -2.61. The lowest BCUT2D eigenvalue weighted by molar-refractivity contribution is 0.0690. The molecule has 8 heteroatoms. The SMILES string of the molecule is O=C(O)c1cn(CCOCc2ccc3c(c2)OCO3)nn1. The van der Waals surface area contributed by atoms with E-state index < -0.39 is 5.97 Å². The van der Waals surface area contributed by atoms with Gasteiger partial charge in [-0.2, -0.15) is 0 Å². The number of ether oxygens (including phenoxy) is 3. The van der Waals surface area contributed by atoms with Gasteiger partial charge in [0.25, 0.3) is 0 Å². The van der Waals surface area contributed by atoms with E-state index in [9.17, 15) is 4.79 Å². The monoisotopic (exact) mass is 291 g/mol. The molecule has 0 spiro atoms. The number of hydrogen-bond acceptors (Lipinski definition) is 6. The molecule has 0 atom stereocenters. The summed E-state index contributed by atoms with van der Waals surface area (Å²) < 4.78 is 17.5. The van der Waals surface area contributed by atoms with Crippen molar-refractivity contribution in [2.24, 2.45) is 0 Å². The van der Waals surface area contributed by atoms with E-state index in [1.54, 1.807) is 0 Å². The highest BCUT2D eigenvalue weighted by Gasteiger charge is 2.13. The van der Waals surface area contributed by atoms with E-state index in [4.69, 9.17) is 19.3 Å². The van der Waals surface area contributed by atoms with Gasteiger partial charge >= 0.3 is 5.97 Å². The minimum Gasteiger partial charge on any atom is -0.476 e. The lowest BCUT2D eigenvalue weighted by atomic mass is 10.2. The minimum atomic E-state index is -1.09. The van der Waals surface area contributed by atoms with Crippen molar-refractivity contribution in [3.63, 3.8) is 0 Å². The molecule has 0 saturated heterocycles. The number of hydrogen-bond donors (Lipinski definition) is 1. The molecule has 0 radical (unpaired) electrons. The smallest absolute Gasteiger partial charge is 0.358 e. The van der Waals surface area contributed by atoms with Crippen LogP contribution < -0.4 is 9.47 Å². The van der Waals surface area contributed by atoms with Crippen LogP contribution in [0.4, 0.5) is 0 Å². The molecule has 0 aliphatic carbocycles. The van der Waals surface area contributed by atoms with Crippen molar-refractivity contribution in [2.45, 2.75) is 13.2 Å². The van der Waals surface area contributed by atoms with Crippen LogP contribution >= 0.6 is 0 Å². The fraction of sp³-hybridized carbons (Fsp3) is 0.308. The maximum absolute atomic E-state index is 10.7. The molecule has 1 aliphatic heterocycles. The van der Waals surface area contributed by atoms with Crippen LogP contribution in [0.3, 0.4) is 0 Å². The van der Waals surface area contributed by atoms with Crippen molar-refractivity contribution in [3.05, 3.63) is 35.7 Å². The second-order valence-corrected chi connectivity index (χ2v) is 4.41. The minimum absolute atomic E-state index is 0.0780. The van der Waals surface area contributed by atoms with Crippen molar-refractivity contribution in [1.29, 1.82) is 0 Å². The van der Waals surface area contributed by atoms with Crippen LogP contribution in [0.25, 0.3) is 0 Å². The molecule has 2 heterocycles. The van der Waals surface area contributed by atoms with Crippen LogP contribution in [-0.4, -0.2) is 39.5 Å². The van der Waals surface area contributed by atoms with Gasteiger partial charge in [0, 0.05) is 0 Å². The van der Waals surface area contributed by atoms with Gasteiger partial charge in [-0.25, -0.2) is 9.48 Å². The first-order chi connectivity index (χ1) is 10.2. The van der Waals surface area contributed by atoms with Gasteiger partial charge in [-0.1, -0.05) is 11.3 Å². The van der Waals surface area contributed by atoms with Gasteiger partial charge in [0.2, 0.25) is 6.79 Å². The first kappa shape index (κ1) is 13.4. The third-order valence-corrected chi connectivity index (χ3v) is 2.93. The molecule has 1 aromatic carbocycles. The Labute approximate surface area is 119 Å². The molecule has 1 N–H and O–H groups in total. The van der Waals surface area contributed by atoms with Gasteiger partial charge < -0.3 is 19.3 Å². The Kier molecular flexibility index (Phi) is 3.69. The zero-order chi connectivity index (χ0) is 14.7. The molecule has 0 fully saturated rings. The summed E-state index contributed by atoms with van der Waals surface area (Å²) in [5.74, 6) is 0.364. The zero-order valence-electron chi connectivity index (χ0n) is 11.1. The number of carboxylic acids is 1. The summed E-state index contributed by atoms with van der Waals surface area (Å²) in [6.45, 7) is 1.51. The molecule has 0 saturated carbocycles. The van der Waals surface area contributed by atoms with Crippen LogP contribution in [0.2, 0.25) is 0 Å². The standard InChI is InChI=1S/C13H13N3O5/c17-13(18)10-6-16(15-14-10)3-4-19-7-9-1-2-11-12(5-9)21-8-20-11/h1-2,5-6H,3-4,7-8H2,(H,17,18). The van der Waals surface area contributed by atoms with Gasteiger partial charge in [-0.3, -0.25) is 0 Å². The van der Waals surface area contributed by atoms with E-state index in [1.165, 1.54) is 10.9 Å². The number of carboxylic acid groups (broad SMARTS) is 1. The Bertz CT molecular complexity index is 655. The second-order valence-electron chi connectivity index (χ2n) is 4.41. The van der Waals surface area contributed by atoms with Crippen molar-refractivity contribution < 1.29 is 24.1 Å². The van der Waals surface area contributed by atoms with E-state index in [0.717, 1.165) is 17.1 Å². The van der Waals surface area contributed by atoms with E-state index >= 15 is 0 Å². The Morgan fingerprint density at radius 3 is 3.05 bits per heavy atom. The summed E-state index contributed by atoms with van der Waals surface area (Å²) in [5, 5.41) is 15.9. The molecular formula is C13H13N3O5. The third-order valence-electron chi connectivity index (χ3n) is 2.93. The molecule has 1 aliphatic rings. The Morgan fingerprint density at radius 1 is 1.38 bits per heavy atom. The summed E-state index contributed by atoms with van der Waals surface area (Å²) in [4.78, 5) is 10.7. The van der Waals surface area contributed by atoms with E-state index in [2.05, 4.69) is 10.3 Å². The summed E-state index contributed by atoms with van der Waals surface area (Å²) in [7, 11) is 0. The number of nitrogens with zero attached hydrogens (tertiary/aromatic N) is 3.